The van der Waals surface area contributed by atoms with Crippen LogP contribution in [0.15, 0.2) is 23.2 Å². The second-order valence-electron chi connectivity index (χ2n) is 6.45. The number of hydrogen-bond acceptors (Lipinski definition) is 3. The molecule has 0 aliphatic carbocycles. The second kappa shape index (κ2) is 9.62. The summed E-state index contributed by atoms with van der Waals surface area (Å²) in [5.41, 5.74) is 0.427. The third kappa shape index (κ3) is 9.30. The van der Waals surface area contributed by atoms with Gasteiger partial charge in [-0.3, -0.25) is 4.99 Å². The molecule has 0 aromatic heterocycles. The summed E-state index contributed by atoms with van der Waals surface area (Å²) in [7, 11) is -1.60. The van der Waals surface area contributed by atoms with Crippen molar-refractivity contribution < 1.29 is 8.42 Å². The van der Waals surface area contributed by atoms with Gasteiger partial charge < -0.3 is 10.6 Å². The fourth-order valence-corrected chi connectivity index (χ4v) is 3.85. The summed E-state index contributed by atoms with van der Waals surface area (Å²) in [4.78, 5) is 4.13. The Morgan fingerprint density at radius 1 is 1.24 bits per heavy atom. The third-order valence-electron chi connectivity index (χ3n) is 3.31. The first-order valence-electron chi connectivity index (χ1n) is 7.90. The topological polar surface area (TPSA) is 82.6 Å². The smallest absolute Gasteiger partial charge is 0.209 e. The standard InChI is InChI=1S/C16H26Cl2N4O2S/c1-16(2,22-25(4,23)24)11-21-15(19-3)20-9-5-6-12-7-8-13(17)10-14(12)18/h7-8,10,22H,5-6,9,11H2,1-4H3,(H2,19,20,21). The van der Waals surface area contributed by atoms with E-state index in [1.54, 1.807) is 27.0 Å². The Morgan fingerprint density at radius 2 is 1.92 bits per heavy atom. The van der Waals surface area contributed by atoms with E-state index in [9.17, 15) is 8.42 Å². The highest BCUT2D eigenvalue weighted by atomic mass is 35.5. The van der Waals surface area contributed by atoms with Gasteiger partial charge in [-0.2, -0.15) is 0 Å². The molecule has 1 aromatic carbocycles. The SMILES string of the molecule is CN=C(NCCCc1ccc(Cl)cc1Cl)NCC(C)(C)NS(C)(=O)=O. The maximum atomic E-state index is 11.4. The van der Waals surface area contributed by atoms with Crippen molar-refractivity contribution in [2.75, 3.05) is 26.4 Å². The highest BCUT2D eigenvalue weighted by Crippen LogP contribution is 2.21. The van der Waals surface area contributed by atoms with Gasteiger partial charge in [-0.05, 0) is 44.4 Å². The Kier molecular flexibility index (Phi) is 8.47. The van der Waals surface area contributed by atoms with E-state index >= 15 is 0 Å². The van der Waals surface area contributed by atoms with Crippen molar-refractivity contribution in [3.63, 3.8) is 0 Å². The highest BCUT2D eigenvalue weighted by Gasteiger charge is 2.22. The number of nitrogens with zero attached hydrogens (tertiary/aromatic N) is 1. The normalized spacial score (nSPS) is 13.0. The Morgan fingerprint density at radius 3 is 2.48 bits per heavy atom. The van der Waals surface area contributed by atoms with Gasteiger partial charge in [0.05, 0.1) is 6.26 Å². The summed E-state index contributed by atoms with van der Waals surface area (Å²) in [6, 6.07) is 5.49. The van der Waals surface area contributed by atoms with Gasteiger partial charge in [0.2, 0.25) is 10.0 Å². The highest BCUT2D eigenvalue weighted by molar-refractivity contribution is 7.88. The number of benzene rings is 1. The van der Waals surface area contributed by atoms with Gasteiger partial charge in [-0.15, -0.1) is 0 Å². The quantitative estimate of drug-likeness (QED) is 0.350. The predicted octanol–water partition coefficient (Wildman–Crippen LogP) is 2.42. The van der Waals surface area contributed by atoms with Crippen molar-refractivity contribution >= 4 is 39.2 Å². The summed E-state index contributed by atoms with van der Waals surface area (Å²) < 4.78 is 25.3. The van der Waals surface area contributed by atoms with Crippen LogP contribution in [0.3, 0.4) is 0 Å². The maximum absolute atomic E-state index is 11.4. The summed E-state index contributed by atoms with van der Waals surface area (Å²) in [6.07, 6.45) is 2.83. The van der Waals surface area contributed by atoms with Crippen LogP contribution in [0.2, 0.25) is 10.0 Å². The van der Waals surface area contributed by atoms with E-state index in [1.807, 2.05) is 12.1 Å². The van der Waals surface area contributed by atoms with Crippen molar-refractivity contribution in [1.29, 1.82) is 0 Å². The summed E-state index contributed by atoms with van der Waals surface area (Å²) in [6.45, 7) is 4.72. The largest absolute Gasteiger partial charge is 0.356 e. The zero-order valence-electron chi connectivity index (χ0n) is 15.0. The molecule has 25 heavy (non-hydrogen) atoms. The lowest BCUT2D eigenvalue weighted by molar-refractivity contribution is 0.446. The minimum absolute atomic E-state index is 0.406. The van der Waals surface area contributed by atoms with Crippen LogP contribution in [-0.2, 0) is 16.4 Å². The van der Waals surface area contributed by atoms with E-state index in [-0.39, 0.29) is 0 Å². The average Bonchev–Trinajstić information content (AvgIpc) is 2.46. The third-order valence-corrected chi connectivity index (χ3v) is 4.82. The van der Waals surface area contributed by atoms with E-state index in [1.165, 1.54) is 0 Å². The molecule has 0 amide bonds. The van der Waals surface area contributed by atoms with Crippen molar-refractivity contribution in [1.82, 2.24) is 15.4 Å². The molecule has 0 atom stereocenters. The Hall–Kier alpha value is -1.02. The fourth-order valence-electron chi connectivity index (χ4n) is 2.27. The summed E-state index contributed by atoms with van der Waals surface area (Å²) in [5, 5.41) is 7.61. The molecule has 0 aliphatic rings. The first kappa shape index (κ1) is 22.0. The number of halogens is 2. The lowest BCUT2D eigenvalue weighted by Gasteiger charge is -2.26. The van der Waals surface area contributed by atoms with Crippen molar-refractivity contribution in [2.45, 2.75) is 32.2 Å². The van der Waals surface area contributed by atoms with Crippen LogP contribution in [0.1, 0.15) is 25.8 Å². The lowest BCUT2D eigenvalue weighted by Crippen LogP contribution is -2.53. The van der Waals surface area contributed by atoms with Crippen molar-refractivity contribution in [3.05, 3.63) is 33.8 Å². The predicted molar refractivity (Wildman–Crippen MR) is 106 cm³/mol. The molecule has 0 saturated heterocycles. The molecule has 0 spiro atoms. The van der Waals surface area contributed by atoms with Crippen LogP contribution in [-0.4, -0.2) is 46.3 Å². The minimum atomic E-state index is -3.27. The van der Waals surface area contributed by atoms with Gasteiger partial charge in [0, 0.05) is 35.7 Å². The molecule has 0 fully saturated rings. The van der Waals surface area contributed by atoms with E-state index in [4.69, 9.17) is 23.2 Å². The van der Waals surface area contributed by atoms with Gasteiger partial charge in [0.15, 0.2) is 5.96 Å². The Labute approximate surface area is 160 Å². The van der Waals surface area contributed by atoms with Gasteiger partial charge in [-0.1, -0.05) is 29.3 Å². The number of rotatable bonds is 8. The summed E-state index contributed by atoms with van der Waals surface area (Å²) >= 11 is 12.0. The molecule has 0 bridgehead atoms. The zero-order chi connectivity index (χ0) is 19.1. The number of aliphatic imine (C=N–C) groups is 1. The molecule has 1 aromatic rings. The van der Waals surface area contributed by atoms with Gasteiger partial charge in [-0.25, -0.2) is 13.1 Å². The van der Waals surface area contributed by atoms with Gasteiger partial charge in [0.1, 0.15) is 0 Å². The van der Waals surface area contributed by atoms with Crippen LogP contribution in [0.4, 0.5) is 0 Å². The van der Waals surface area contributed by atoms with Crippen molar-refractivity contribution in [2.24, 2.45) is 4.99 Å². The molecule has 3 N–H and O–H groups in total. The molecule has 0 unspecified atom stereocenters. The van der Waals surface area contributed by atoms with Crippen LogP contribution >= 0.6 is 23.2 Å². The monoisotopic (exact) mass is 408 g/mol. The Bertz CT molecular complexity index is 706. The summed E-state index contributed by atoms with van der Waals surface area (Å²) in [5.74, 6) is 0.616. The Balaban J connectivity index is 2.39. The lowest BCUT2D eigenvalue weighted by atomic mass is 10.1. The van der Waals surface area contributed by atoms with Crippen LogP contribution < -0.4 is 15.4 Å². The molecule has 6 nitrogen and oxygen atoms in total. The fraction of sp³-hybridized carbons (Fsp3) is 0.562. The molecule has 1 rings (SSSR count). The van der Waals surface area contributed by atoms with Crippen LogP contribution in [0, 0.1) is 0 Å². The molecule has 0 aliphatic heterocycles. The van der Waals surface area contributed by atoms with Crippen LogP contribution in [0.5, 0.6) is 0 Å². The van der Waals surface area contributed by atoms with E-state index < -0.39 is 15.6 Å². The first-order valence-corrected chi connectivity index (χ1v) is 10.5. The first-order chi connectivity index (χ1) is 11.5. The zero-order valence-corrected chi connectivity index (χ0v) is 17.3. The minimum Gasteiger partial charge on any atom is -0.356 e. The number of nitrogens with one attached hydrogen (secondary N) is 3. The molecule has 9 heteroatoms. The number of sulfonamides is 1. The van der Waals surface area contributed by atoms with E-state index in [0.29, 0.717) is 29.1 Å². The van der Waals surface area contributed by atoms with Crippen LogP contribution in [0.25, 0.3) is 0 Å². The number of aryl methyl sites for hydroxylation is 1. The van der Waals surface area contributed by atoms with E-state index in [2.05, 4.69) is 20.3 Å². The van der Waals surface area contributed by atoms with Crippen molar-refractivity contribution in [3.8, 4) is 0 Å². The molecule has 0 radical (unpaired) electrons. The second-order valence-corrected chi connectivity index (χ2v) is 9.04. The van der Waals surface area contributed by atoms with E-state index in [0.717, 1.165) is 24.7 Å². The maximum Gasteiger partial charge on any atom is 0.209 e. The van der Waals surface area contributed by atoms with Gasteiger partial charge >= 0.3 is 0 Å². The molecule has 0 heterocycles. The average molecular weight is 409 g/mol. The molecular formula is C16H26Cl2N4O2S. The molecule has 0 saturated carbocycles. The number of hydrogen-bond donors (Lipinski definition) is 3. The number of guanidine groups is 1. The molecule has 142 valence electrons. The van der Waals surface area contributed by atoms with Gasteiger partial charge in [0.25, 0.3) is 0 Å². The molecular weight excluding hydrogens is 383 g/mol.